The Bertz CT molecular complexity index is 1290. The van der Waals surface area contributed by atoms with Gasteiger partial charge < -0.3 is 24.6 Å². The molecule has 0 bridgehead atoms. The molecule has 1 unspecified atom stereocenters. The van der Waals surface area contributed by atoms with Crippen LogP contribution in [0, 0.1) is 0 Å². The van der Waals surface area contributed by atoms with Gasteiger partial charge in [-0.05, 0) is 36.2 Å². The van der Waals surface area contributed by atoms with Gasteiger partial charge in [-0.2, -0.15) is 9.36 Å². The van der Waals surface area contributed by atoms with Gasteiger partial charge in [-0.3, -0.25) is 4.57 Å². The molecule has 0 fully saturated rings. The number of benzene rings is 2. The first-order valence-electron chi connectivity index (χ1n) is 12.7. The smallest absolute Gasteiger partial charge is 0.248 e. The van der Waals surface area contributed by atoms with E-state index < -0.39 is 0 Å². The zero-order chi connectivity index (χ0) is 26.2. The summed E-state index contributed by atoms with van der Waals surface area (Å²) in [5.74, 6) is 1.47. The molecular weight excluding hydrogens is 498 g/mol. The fraction of sp³-hybridized carbons (Fsp3) is 0.321. The zero-order valence-corrected chi connectivity index (χ0v) is 22.6. The minimum atomic E-state index is 0.114. The Balaban J connectivity index is 1.38. The molecule has 0 radical (unpaired) electrons. The van der Waals surface area contributed by atoms with Gasteiger partial charge in [0.2, 0.25) is 17.9 Å². The largest absolute Gasteiger partial charge is 0.462 e. The Morgan fingerprint density at radius 1 is 1.08 bits per heavy atom. The summed E-state index contributed by atoms with van der Waals surface area (Å²) >= 11 is 1.40. The van der Waals surface area contributed by atoms with Gasteiger partial charge in [0.1, 0.15) is 18.3 Å². The van der Waals surface area contributed by atoms with Crippen LogP contribution < -0.4 is 15.1 Å². The number of rotatable bonds is 13. The lowest BCUT2D eigenvalue weighted by atomic mass is 10.1. The summed E-state index contributed by atoms with van der Waals surface area (Å²) in [5.41, 5.74) is 3.64. The highest BCUT2D eigenvalue weighted by Crippen LogP contribution is 2.29. The number of imidazole rings is 1. The molecule has 0 amide bonds. The average molecular weight is 532 g/mol. The maximum Gasteiger partial charge on any atom is 0.248 e. The number of nitrogens with one attached hydrogen (secondary N) is 1. The van der Waals surface area contributed by atoms with E-state index in [9.17, 15) is 0 Å². The van der Waals surface area contributed by atoms with E-state index in [-0.39, 0.29) is 12.8 Å². The van der Waals surface area contributed by atoms with Crippen molar-refractivity contribution < 1.29 is 9.47 Å². The Kier molecular flexibility index (Phi) is 8.52. The lowest BCUT2D eigenvalue weighted by Gasteiger charge is -2.32. The van der Waals surface area contributed by atoms with Crippen LogP contribution in [0.2, 0.25) is 0 Å². The second kappa shape index (κ2) is 12.6. The van der Waals surface area contributed by atoms with E-state index in [1.165, 1.54) is 28.3 Å². The number of anilines is 2. The fourth-order valence-corrected chi connectivity index (χ4v) is 5.07. The highest BCUT2D eigenvalue weighted by atomic mass is 32.1. The number of nitrogens with zero attached hydrogens (tertiary/aromatic N) is 6. The molecule has 1 aliphatic heterocycles. The first-order valence-corrected chi connectivity index (χ1v) is 13.5. The van der Waals surface area contributed by atoms with Gasteiger partial charge in [0.05, 0.1) is 0 Å². The molecule has 5 rings (SSSR count). The van der Waals surface area contributed by atoms with E-state index in [1.54, 1.807) is 18.8 Å². The lowest BCUT2D eigenvalue weighted by Crippen LogP contribution is -2.37. The minimum absolute atomic E-state index is 0.114. The maximum absolute atomic E-state index is 5.74. The molecule has 1 atom stereocenters. The molecule has 38 heavy (non-hydrogen) atoms. The molecule has 0 saturated carbocycles. The van der Waals surface area contributed by atoms with E-state index >= 15 is 0 Å². The van der Waals surface area contributed by atoms with Gasteiger partial charge >= 0.3 is 0 Å². The summed E-state index contributed by atoms with van der Waals surface area (Å²) < 4.78 is 17.6. The standard InChI is InChI=1S/C28H33N7O2S/c1-33(2)24-10-8-23(9-11-24)18-35(28-31-27(32-38-28)34-15-14-30-20-34)25(16-26-19-36-21-37-26)12-13-29-17-22-6-4-3-5-7-22/h3-11,14-15,19-20,25,29H,12-13,16-18,21H2,1-2H3. The molecule has 2 aromatic carbocycles. The van der Waals surface area contributed by atoms with Crippen molar-refractivity contribution in [2.45, 2.75) is 32.0 Å². The van der Waals surface area contributed by atoms with E-state index in [0.29, 0.717) is 18.9 Å². The summed E-state index contributed by atoms with van der Waals surface area (Å²) in [5, 5.41) is 4.47. The SMILES string of the molecule is CN(C)c1ccc(CN(c2nc(-n3ccnc3)ns2)C(CCNCc2ccccc2)CC2=COCO2)cc1. The van der Waals surface area contributed by atoms with Crippen molar-refractivity contribution in [2.24, 2.45) is 0 Å². The molecule has 3 heterocycles. The molecule has 2 aromatic heterocycles. The Labute approximate surface area is 227 Å². The summed E-state index contributed by atoms with van der Waals surface area (Å²) in [6, 6.07) is 19.2. The Morgan fingerprint density at radius 2 is 1.92 bits per heavy atom. The maximum atomic E-state index is 5.74. The van der Waals surface area contributed by atoms with Crippen molar-refractivity contribution in [3.05, 3.63) is 96.5 Å². The van der Waals surface area contributed by atoms with Crippen LogP contribution in [-0.2, 0) is 22.6 Å². The van der Waals surface area contributed by atoms with E-state index in [0.717, 1.165) is 30.4 Å². The average Bonchev–Trinajstić information content (AvgIpc) is 3.73. The van der Waals surface area contributed by atoms with Crippen LogP contribution in [0.15, 0.2) is 85.3 Å². The highest BCUT2D eigenvalue weighted by molar-refractivity contribution is 7.09. The van der Waals surface area contributed by atoms with Crippen molar-refractivity contribution in [1.82, 2.24) is 24.2 Å². The highest BCUT2D eigenvalue weighted by Gasteiger charge is 2.26. The molecule has 0 aliphatic carbocycles. The Morgan fingerprint density at radius 3 is 2.63 bits per heavy atom. The van der Waals surface area contributed by atoms with Gasteiger partial charge in [-0.15, -0.1) is 0 Å². The predicted molar refractivity (Wildman–Crippen MR) is 150 cm³/mol. The van der Waals surface area contributed by atoms with Crippen LogP contribution in [0.25, 0.3) is 5.95 Å². The third-order valence-corrected chi connectivity index (χ3v) is 7.17. The number of ether oxygens (including phenoxy) is 2. The third kappa shape index (κ3) is 6.70. The number of hydrogen-bond acceptors (Lipinski definition) is 9. The van der Waals surface area contributed by atoms with Gasteiger partial charge in [-0.25, -0.2) is 4.98 Å². The quantitative estimate of drug-likeness (QED) is 0.251. The summed E-state index contributed by atoms with van der Waals surface area (Å²) in [4.78, 5) is 13.5. The van der Waals surface area contributed by atoms with E-state index in [1.807, 2.05) is 16.8 Å². The van der Waals surface area contributed by atoms with Crippen LogP contribution in [0.5, 0.6) is 0 Å². The fourth-order valence-electron chi connectivity index (χ4n) is 4.33. The van der Waals surface area contributed by atoms with Crippen molar-refractivity contribution in [2.75, 3.05) is 37.2 Å². The monoisotopic (exact) mass is 531 g/mol. The predicted octanol–water partition coefficient (Wildman–Crippen LogP) is 4.58. The molecule has 9 nitrogen and oxygen atoms in total. The zero-order valence-electron chi connectivity index (χ0n) is 21.7. The van der Waals surface area contributed by atoms with Crippen molar-refractivity contribution in [3.63, 3.8) is 0 Å². The summed E-state index contributed by atoms with van der Waals surface area (Å²) in [6.07, 6.45) is 8.64. The first kappa shape index (κ1) is 25.7. The Hall–Kier alpha value is -3.89. The minimum Gasteiger partial charge on any atom is -0.462 e. The molecule has 1 aliphatic rings. The topological polar surface area (TPSA) is 80.6 Å². The van der Waals surface area contributed by atoms with Crippen molar-refractivity contribution in [3.8, 4) is 5.95 Å². The van der Waals surface area contributed by atoms with Crippen molar-refractivity contribution >= 4 is 22.4 Å². The summed E-state index contributed by atoms with van der Waals surface area (Å²) in [7, 11) is 4.10. The number of hydrogen-bond donors (Lipinski definition) is 1. The molecule has 1 N–H and O–H groups in total. The van der Waals surface area contributed by atoms with Crippen LogP contribution in [0.4, 0.5) is 10.8 Å². The van der Waals surface area contributed by atoms with Gasteiger partial charge in [0.25, 0.3) is 0 Å². The second-order valence-corrected chi connectivity index (χ2v) is 10.1. The van der Waals surface area contributed by atoms with Gasteiger partial charge in [0.15, 0.2) is 0 Å². The van der Waals surface area contributed by atoms with Gasteiger partial charge in [-0.1, -0.05) is 42.5 Å². The number of aromatic nitrogens is 4. The third-order valence-electron chi connectivity index (χ3n) is 6.42. The molecule has 0 spiro atoms. The normalized spacial score (nSPS) is 13.5. The second-order valence-electron chi connectivity index (χ2n) is 9.36. The van der Waals surface area contributed by atoms with Crippen LogP contribution in [-0.4, -0.2) is 52.4 Å². The van der Waals surface area contributed by atoms with Gasteiger partial charge in [0, 0.05) is 69.3 Å². The molecule has 0 saturated heterocycles. The van der Waals surface area contributed by atoms with Crippen LogP contribution in [0.3, 0.4) is 0 Å². The van der Waals surface area contributed by atoms with E-state index in [4.69, 9.17) is 14.5 Å². The van der Waals surface area contributed by atoms with E-state index in [2.05, 4.69) is 87.1 Å². The molecule has 198 valence electrons. The molecule has 10 heteroatoms. The lowest BCUT2D eigenvalue weighted by molar-refractivity contribution is 0.0767. The summed E-state index contributed by atoms with van der Waals surface area (Å²) in [6.45, 7) is 2.63. The van der Waals surface area contributed by atoms with Crippen LogP contribution >= 0.6 is 11.5 Å². The molecule has 4 aromatic rings. The van der Waals surface area contributed by atoms with Crippen molar-refractivity contribution in [1.29, 1.82) is 0 Å². The molecular formula is C28H33N7O2S. The first-order chi connectivity index (χ1) is 18.7. The van der Waals surface area contributed by atoms with Crippen LogP contribution in [0.1, 0.15) is 24.0 Å².